The van der Waals surface area contributed by atoms with Crippen molar-refractivity contribution in [3.63, 3.8) is 0 Å². The van der Waals surface area contributed by atoms with Crippen LogP contribution in [0.3, 0.4) is 0 Å². The Morgan fingerprint density at radius 1 is 1.02 bits per heavy atom. The standard InChI is InChI=1S/C30H38N6O6/c1-4-6-13-34(3)29(40)23-17-22(24(37)18-25(23)38)26-32-33-27(28(39)31-5-2)36(26)21-9-7-19(8-10-21)16-20-11-14-35(15-12-20)30(41)42/h7-10,17-18,20,37-38H,4-6,11-16H2,1-3H3,(H,31,39)(H,41,42). The van der Waals surface area contributed by atoms with Crippen LogP contribution >= 0.6 is 0 Å². The summed E-state index contributed by atoms with van der Waals surface area (Å²) in [6, 6.07) is 10.0. The number of hydrogen-bond donors (Lipinski definition) is 4. The third-order valence-corrected chi connectivity index (χ3v) is 7.59. The van der Waals surface area contributed by atoms with Crippen LogP contribution in [0.2, 0.25) is 0 Å². The molecule has 224 valence electrons. The van der Waals surface area contributed by atoms with E-state index in [1.165, 1.54) is 20.4 Å². The SMILES string of the molecule is CCCCN(C)C(=O)c1cc(-c2nnc(C(=O)NCC)n2-c2ccc(CC3CCN(C(=O)O)CC3)cc2)c(O)cc1O. The first-order chi connectivity index (χ1) is 20.1. The molecule has 4 N–H and O–H groups in total. The van der Waals surface area contributed by atoms with Gasteiger partial charge in [0.2, 0.25) is 5.82 Å². The summed E-state index contributed by atoms with van der Waals surface area (Å²) >= 11 is 0. The van der Waals surface area contributed by atoms with Gasteiger partial charge in [0.25, 0.3) is 11.8 Å². The highest BCUT2D eigenvalue weighted by atomic mass is 16.4. The van der Waals surface area contributed by atoms with Gasteiger partial charge in [-0.3, -0.25) is 14.2 Å². The number of carboxylic acid groups (broad SMARTS) is 1. The number of nitrogens with one attached hydrogen (secondary N) is 1. The quantitative estimate of drug-likeness (QED) is 0.282. The maximum absolute atomic E-state index is 13.1. The third kappa shape index (κ3) is 6.64. The van der Waals surface area contributed by atoms with Gasteiger partial charge >= 0.3 is 6.09 Å². The van der Waals surface area contributed by atoms with Gasteiger partial charge in [-0.2, -0.15) is 0 Å². The van der Waals surface area contributed by atoms with Crippen LogP contribution in [0.5, 0.6) is 11.5 Å². The average Bonchev–Trinajstić information content (AvgIpc) is 3.41. The molecule has 1 aromatic heterocycles. The lowest BCUT2D eigenvalue weighted by Gasteiger charge is -2.30. The summed E-state index contributed by atoms with van der Waals surface area (Å²) in [5.74, 6) is -1.05. The Morgan fingerprint density at radius 2 is 1.71 bits per heavy atom. The molecule has 0 radical (unpaired) electrons. The van der Waals surface area contributed by atoms with Gasteiger partial charge in [-0.05, 0) is 62.3 Å². The lowest BCUT2D eigenvalue weighted by molar-refractivity contribution is 0.0789. The second-order valence-electron chi connectivity index (χ2n) is 10.6. The number of nitrogens with zero attached hydrogens (tertiary/aromatic N) is 5. The summed E-state index contributed by atoms with van der Waals surface area (Å²) in [6.07, 6.45) is 3.20. The normalized spacial score (nSPS) is 13.6. The fourth-order valence-corrected chi connectivity index (χ4v) is 5.16. The number of aromatic hydroxyl groups is 2. The molecule has 3 amide bonds. The molecular weight excluding hydrogens is 540 g/mol. The lowest BCUT2D eigenvalue weighted by Crippen LogP contribution is -2.37. The molecule has 1 fully saturated rings. The zero-order chi connectivity index (χ0) is 30.4. The zero-order valence-electron chi connectivity index (χ0n) is 24.2. The average molecular weight is 579 g/mol. The van der Waals surface area contributed by atoms with Gasteiger partial charge in [0, 0.05) is 45.0 Å². The molecule has 1 aliphatic rings. The molecule has 0 atom stereocenters. The molecule has 0 bridgehead atoms. The van der Waals surface area contributed by atoms with Crippen LogP contribution in [-0.4, -0.2) is 91.0 Å². The summed E-state index contributed by atoms with van der Waals surface area (Å²) in [4.78, 5) is 40.2. The molecule has 2 aromatic carbocycles. The molecule has 3 aromatic rings. The molecule has 0 aliphatic carbocycles. The number of carbonyl (C=O) groups is 3. The predicted octanol–water partition coefficient (Wildman–Crippen LogP) is 3.90. The van der Waals surface area contributed by atoms with Crippen LogP contribution in [0.25, 0.3) is 17.1 Å². The topological polar surface area (TPSA) is 161 Å². The number of aromatic nitrogens is 3. The van der Waals surface area contributed by atoms with Gasteiger partial charge in [-0.25, -0.2) is 4.79 Å². The minimum atomic E-state index is -0.884. The number of piperidine rings is 1. The summed E-state index contributed by atoms with van der Waals surface area (Å²) in [7, 11) is 1.65. The molecule has 0 saturated carbocycles. The van der Waals surface area contributed by atoms with E-state index in [4.69, 9.17) is 0 Å². The van der Waals surface area contributed by atoms with Gasteiger partial charge in [0.05, 0.1) is 11.1 Å². The van der Waals surface area contributed by atoms with E-state index < -0.39 is 17.9 Å². The number of phenols is 2. The molecule has 12 heteroatoms. The highest BCUT2D eigenvalue weighted by molar-refractivity contribution is 5.99. The number of rotatable bonds is 10. The molecule has 1 aliphatic heterocycles. The first-order valence-electron chi connectivity index (χ1n) is 14.3. The van der Waals surface area contributed by atoms with Crippen LogP contribution in [-0.2, 0) is 6.42 Å². The van der Waals surface area contributed by atoms with Crippen LogP contribution in [0.1, 0.15) is 66.1 Å². The van der Waals surface area contributed by atoms with Crippen molar-refractivity contribution in [3.8, 4) is 28.6 Å². The number of amides is 3. The van der Waals surface area contributed by atoms with Gasteiger partial charge in [0.15, 0.2) is 5.82 Å². The van der Waals surface area contributed by atoms with Crippen LogP contribution < -0.4 is 5.32 Å². The Balaban J connectivity index is 1.68. The van der Waals surface area contributed by atoms with Crippen LogP contribution in [0, 0.1) is 5.92 Å². The lowest BCUT2D eigenvalue weighted by atomic mass is 9.90. The summed E-state index contributed by atoms with van der Waals surface area (Å²) in [6.45, 7) is 5.72. The Morgan fingerprint density at radius 3 is 2.33 bits per heavy atom. The van der Waals surface area contributed by atoms with Crippen molar-refractivity contribution >= 4 is 17.9 Å². The van der Waals surface area contributed by atoms with E-state index in [9.17, 15) is 29.7 Å². The van der Waals surface area contributed by atoms with Crippen molar-refractivity contribution in [3.05, 3.63) is 53.3 Å². The van der Waals surface area contributed by atoms with E-state index in [0.717, 1.165) is 43.7 Å². The van der Waals surface area contributed by atoms with Crippen LogP contribution in [0.4, 0.5) is 4.79 Å². The second-order valence-corrected chi connectivity index (χ2v) is 10.6. The van der Waals surface area contributed by atoms with Crippen molar-refractivity contribution in [1.29, 1.82) is 0 Å². The van der Waals surface area contributed by atoms with Crippen molar-refractivity contribution in [1.82, 2.24) is 29.9 Å². The molecular formula is C30H38N6O6. The highest BCUT2D eigenvalue weighted by Crippen LogP contribution is 2.36. The maximum Gasteiger partial charge on any atom is 0.407 e. The maximum atomic E-state index is 13.1. The predicted molar refractivity (Wildman–Crippen MR) is 156 cm³/mol. The van der Waals surface area contributed by atoms with Gasteiger partial charge in [-0.1, -0.05) is 25.5 Å². The Kier molecular flexibility index (Phi) is 9.66. The molecule has 0 unspecified atom stereocenters. The molecule has 4 rings (SSSR count). The fraction of sp³-hybridized carbons (Fsp3) is 0.433. The zero-order valence-corrected chi connectivity index (χ0v) is 24.2. The minimum absolute atomic E-state index is 0.000179. The summed E-state index contributed by atoms with van der Waals surface area (Å²) in [5, 5.41) is 41.6. The van der Waals surface area contributed by atoms with E-state index in [1.54, 1.807) is 14.0 Å². The molecule has 1 saturated heterocycles. The summed E-state index contributed by atoms with van der Waals surface area (Å²) < 4.78 is 1.52. The van der Waals surface area contributed by atoms with E-state index in [0.29, 0.717) is 37.8 Å². The van der Waals surface area contributed by atoms with E-state index >= 15 is 0 Å². The largest absolute Gasteiger partial charge is 0.507 e. The van der Waals surface area contributed by atoms with E-state index in [2.05, 4.69) is 15.5 Å². The monoisotopic (exact) mass is 578 g/mol. The van der Waals surface area contributed by atoms with Crippen molar-refractivity contribution in [2.24, 2.45) is 5.92 Å². The molecule has 0 spiro atoms. The number of benzene rings is 2. The van der Waals surface area contributed by atoms with Crippen molar-refractivity contribution in [2.45, 2.75) is 46.0 Å². The smallest absolute Gasteiger partial charge is 0.407 e. The first kappa shape index (κ1) is 30.4. The summed E-state index contributed by atoms with van der Waals surface area (Å²) in [5.41, 5.74) is 1.77. The fourth-order valence-electron chi connectivity index (χ4n) is 5.16. The number of hydrogen-bond acceptors (Lipinski definition) is 7. The second kappa shape index (κ2) is 13.4. The Bertz CT molecular complexity index is 1430. The van der Waals surface area contributed by atoms with Gasteiger partial charge in [-0.15, -0.1) is 10.2 Å². The van der Waals surface area contributed by atoms with Crippen molar-refractivity contribution in [2.75, 3.05) is 33.2 Å². The van der Waals surface area contributed by atoms with Gasteiger partial charge in [0.1, 0.15) is 11.5 Å². The number of unbranched alkanes of at least 4 members (excludes halogenated alkanes) is 1. The molecule has 42 heavy (non-hydrogen) atoms. The highest BCUT2D eigenvalue weighted by Gasteiger charge is 2.26. The Hall–Kier alpha value is -4.61. The number of phenolic OH excluding ortho intramolecular Hbond substituents is 2. The first-order valence-corrected chi connectivity index (χ1v) is 14.3. The number of carbonyl (C=O) groups excluding carboxylic acids is 2. The van der Waals surface area contributed by atoms with E-state index in [1.807, 2.05) is 31.2 Å². The third-order valence-electron chi connectivity index (χ3n) is 7.59. The Labute approximate surface area is 244 Å². The van der Waals surface area contributed by atoms with Gasteiger partial charge < -0.3 is 30.4 Å². The minimum Gasteiger partial charge on any atom is -0.507 e. The van der Waals surface area contributed by atoms with Crippen molar-refractivity contribution < 1.29 is 29.7 Å². The molecule has 2 heterocycles. The number of likely N-dealkylation sites (tertiary alicyclic amines) is 1. The molecule has 12 nitrogen and oxygen atoms in total. The van der Waals surface area contributed by atoms with Crippen LogP contribution in [0.15, 0.2) is 36.4 Å². The van der Waals surface area contributed by atoms with E-state index in [-0.39, 0.29) is 34.3 Å².